The van der Waals surface area contributed by atoms with E-state index in [1.54, 1.807) is 0 Å². The molecule has 1 rings (SSSR count). The van der Waals surface area contributed by atoms with Crippen LogP contribution < -0.4 is 5.46 Å². The van der Waals surface area contributed by atoms with Gasteiger partial charge in [-0.15, -0.1) is 5.98 Å². The predicted octanol–water partition coefficient (Wildman–Crippen LogP) is 0.247. The quantitative estimate of drug-likeness (QED) is 0.511. The van der Waals surface area contributed by atoms with Crippen molar-refractivity contribution >= 4 is 26.7 Å². The van der Waals surface area contributed by atoms with Crippen molar-refractivity contribution in [2.45, 2.75) is 13.8 Å². The van der Waals surface area contributed by atoms with E-state index in [9.17, 15) is 0 Å². The maximum absolute atomic E-state index is 2.22. The summed E-state index contributed by atoms with van der Waals surface area (Å²) in [4.78, 5) is 0. The molecule has 0 aromatic heterocycles. The first-order valence-electron chi connectivity index (χ1n) is 4.35. The lowest BCUT2D eigenvalue weighted by Gasteiger charge is -2.06. The lowest BCUT2D eigenvalue weighted by atomic mass is 9.85. The number of hydrogen-bond acceptors (Lipinski definition) is 0. The first-order chi connectivity index (χ1) is 5.65. The third-order valence-corrected chi connectivity index (χ3v) is 2.24. The van der Waals surface area contributed by atoms with Gasteiger partial charge in [-0.3, -0.25) is 0 Å². The van der Waals surface area contributed by atoms with E-state index in [1.807, 2.05) is 0 Å². The van der Waals surface area contributed by atoms with Crippen molar-refractivity contribution in [3.8, 4) is 0 Å². The first kappa shape index (κ1) is 9.18. The van der Waals surface area contributed by atoms with Crippen molar-refractivity contribution in [1.82, 2.24) is 0 Å². The molecule has 0 heterocycles. The van der Waals surface area contributed by atoms with E-state index < -0.39 is 0 Å². The maximum Gasteiger partial charge on any atom is 0.140 e. The monoisotopic (exact) mass is 156 g/mol. The fourth-order valence-electron chi connectivity index (χ4n) is 1.41. The Labute approximate surface area is 76.5 Å². The van der Waals surface area contributed by atoms with Crippen molar-refractivity contribution in [1.29, 1.82) is 0 Å². The molecule has 0 atom stereocenters. The van der Waals surface area contributed by atoms with E-state index in [1.165, 1.54) is 22.2 Å². The summed E-state index contributed by atoms with van der Waals surface area (Å²) >= 11 is 0. The fraction of sp³-hybridized carbons (Fsp3) is 0.200. The molecule has 0 spiro atoms. The van der Waals surface area contributed by atoms with Gasteiger partial charge in [0.05, 0.1) is 0 Å². The van der Waals surface area contributed by atoms with Crippen LogP contribution in [0.25, 0.3) is 5.57 Å². The number of hydrogen-bond donors (Lipinski definition) is 0. The van der Waals surface area contributed by atoms with Crippen molar-refractivity contribution < 1.29 is 0 Å². The molecule has 0 saturated carbocycles. The molecule has 0 amide bonds. The molecular weight excluding hydrogens is 142 g/mol. The molecule has 1 aromatic carbocycles. The standard InChI is InChI=1S/C10H14B2/c1-7-3-4-9(8(2)6-11)10(12)5-7/h3-6H,11-12H2,1-2H3/b8-6-. The van der Waals surface area contributed by atoms with Crippen molar-refractivity contribution in [2.24, 2.45) is 0 Å². The van der Waals surface area contributed by atoms with Crippen LogP contribution in [0.1, 0.15) is 18.1 Å². The maximum atomic E-state index is 2.22. The van der Waals surface area contributed by atoms with E-state index in [0.29, 0.717) is 0 Å². The average molecular weight is 156 g/mol. The topological polar surface area (TPSA) is 0 Å². The molecule has 0 bridgehead atoms. The lowest BCUT2D eigenvalue weighted by Crippen LogP contribution is -2.09. The smallest absolute Gasteiger partial charge is 0.120 e. The van der Waals surface area contributed by atoms with E-state index in [4.69, 9.17) is 0 Å². The highest BCUT2D eigenvalue weighted by Gasteiger charge is 1.98. The van der Waals surface area contributed by atoms with Crippen LogP contribution in [0.3, 0.4) is 0 Å². The van der Waals surface area contributed by atoms with Crippen molar-refractivity contribution in [2.75, 3.05) is 0 Å². The highest BCUT2D eigenvalue weighted by Crippen LogP contribution is 2.10. The summed E-state index contributed by atoms with van der Waals surface area (Å²) in [5, 5.41) is 0. The minimum Gasteiger partial charge on any atom is -0.120 e. The molecule has 12 heavy (non-hydrogen) atoms. The van der Waals surface area contributed by atoms with Gasteiger partial charge >= 0.3 is 0 Å². The predicted molar refractivity (Wildman–Crippen MR) is 61.6 cm³/mol. The molecule has 0 aliphatic heterocycles. The van der Waals surface area contributed by atoms with E-state index in [0.717, 1.165) is 0 Å². The Bertz CT molecular complexity index is 314. The Balaban J connectivity index is 3.18. The average Bonchev–Trinajstić information content (AvgIpc) is 2.03. The third kappa shape index (κ3) is 1.82. The van der Waals surface area contributed by atoms with Gasteiger partial charge in [-0.2, -0.15) is 0 Å². The molecule has 60 valence electrons. The second kappa shape index (κ2) is 3.66. The Kier molecular flexibility index (Phi) is 2.80. The minimum atomic E-state index is 1.33. The normalized spacial score (nSPS) is 11.7. The molecule has 0 radical (unpaired) electrons. The molecule has 0 fully saturated rings. The molecule has 2 heteroatoms. The van der Waals surface area contributed by atoms with Gasteiger partial charge in [0.15, 0.2) is 0 Å². The van der Waals surface area contributed by atoms with Crippen LogP contribution in [0.2, 0.25) is 0 Å². The summed E-state index contributed by atoms with van der Waals surface area (Å²) in [5.74, 6) is 2.15. The summed E-state index contributed by atoms with van der Waals surface area (Å²) in [6.07, 6.45) is 0. The van der Waals surface area contributed by atoms with Crippen LogP contribution in [-0.2, 0) is 0 Å². The van der Waals surface area contributed by atoms with Crippen molar-refractivity contribution in [3.05, 3.63) is 35.3 Å². The van der Waals surface area contributed by atoms with Gasteiger partial charge in [-0.25, -0.2) is 0 Å². The number of rotatable bonds is 1. The molecule has 0 saturated heterocycles. The van der Waals surface area contributed by atoms with Gasteiger partial charge in [0.1, 0.15) is 15.7 Å². The van der Waals surface area contributed by atoms with Gasteiger partial charge in [0.2, 0.25) is 0 Å². The first-order valence-corrected chi connectivity index (χ1v) is 4.35. The second-order valence-corrected chi connectivity index (χ2v) is 3.29. The van der Waals surface area contributed by atoms with Crippen LogP contribution in [0.4, 0.5) is 0 Å². The van der Waals surface area contributed by atoms with Gasteiger partial charge in [0.25, 0.3) is 0 Å². The molecule has 0 aliphatic carbocycles. The Morgan fingerprint density at radius 2 is 2.08 bits per heavy atom. The van der Waals surface area contributed by atoms with Crippen molar-refractivity contribution in [3.63, 3.8) is 0 Å². The van der Waals surface area contributed by atoms with E-state index >= 15 is 0 Å². The van der Waals surface area contributed by atoms with Gasteiger partial charge in [0, 0.05) is 0 Å². The molecule has 0 aliphatic rings. The number of allylic oxidation sites excluding steroid dienone is 1. The van der Waals surface area contributed by atoms with Crippen LogP contribution in [-0.4, -0.2) is 15.7 Å². The Hall–Kier alpha value is -0.910. The summed E-state index contributed by atoms with van der Waals surface area (Å²) in [5.41, 5.74) is 5.42. The van der Waals surface area contributed by atoms with Gasteiger partial charge < -0.3 is 0 Å². The second-order valence-electron chi connectivity index (χ2n) is 3.29. The van der Waals surface area contributed by atoms with Crippen LogP contribution >= 0.6 is 0 Å². The fourth-order valence-corrected chi connectivity index (χ4v) is 1.41. The lowest BCUT2D eigenvalue weighted by molar-refractivity contribution is 1.47. The van der Waals surface area contributed by atoms with E-state index in [2.05, 4.69) is 53.7 Å². The van der Waals surface area contributed by atoms with Gasteiger partial charge in [-0.05, 0) is 19.4 Å². The van der Waals surface area contributed by atoms with Crippen LogP contribution in [0.5, 0.6) is 0 Å². The molecule has 0 unspecified atom stereocenters. The Morgan fingerprint density at radius 1 is 1.42 bits per heavy atom. The zero-order valence-corrected chi connectivity index (χ0v) is 8.31. The van der Waals surface area contributed by atoms with Crippen LogP contribution in [0, 0.1) is 6.92 Å². The largest absolute Gasteiger partial charge is 0.140 e. The zero-order chi connectivity index (χ0) is 9.14. The summed E-state index contributed by atoms with van der Waals surface area (Å²) in [6, 6.07) is 6.58. The highest BCUT2D eigenvalue weighted by atomic mass is 14.0. The summed E-state index contributed by atoms with van der Waals surface area (Å²) in [7, 11) is 4.24. The zero-order valence-electron chi connectivity index (χ0n) is 8.31. The number of benzene rings is 1. The number of aryl methyl sites for hydroxylation is 1. The molecular formula is C10H14B2. The summed E-state index contributed by atoms with van der Waals surface area (Å²) < 4.78 is 0. The molecule has 1 aromatic rings. The Morgan fingerprint density at radius 3 is 2.58 bits per heavy atom. The molecule has 0 nitrogen and oxygen atoms in total. The third-order valence-electron chi connectivity index (χ3n) is 2.24. The minimum absolute atomic E-state index is 1.33. The highest BCUT2D eigenvalue weighted by molar-refractivity contribution is 6.35. The van der Waals surface area contributed by atoms with E-state index in [-0.39, 0.29) is 0 Å². The summed E-state index contributed by atoms with van der Waals surface area (Å²) in [6.45, 7) is 4.28. The SMILES string of the molecule is B/C=C(/C)c1ccc(C)cc1B. The van der Waals surface area contributed by atoms with Gasteiger partial charge in [-0.1, -0.05) is 34.8 Å². The van der Waals surface area contributed by atoms with Crippen LogP contribution in [0.15, 0.2) is 24.2 Å². The molecule has 0 N–H and O–H groups in total.